The van der Waals surface area contributed by atoms with Gasteiger partial charge in [-0.05, 0) is 24.0 Å². The summed E-state index contributed by atoms with van der Waals surface area (Å²) < 4.78 is 10.4. The van der Waals surface area contributed by atoms with Crippen molar-refractivity contribution in [3.63, 3.8) is 0 Å². The molecule has 0 atom stereocenters. The number of esters is 1. The second kappa shape index (κ2) is 5.11. The first-order chi connectivity index (χ1) is 8.60. The maximum absolute atomic E-state index is 12.1. The number of hydrogen-bond acceptors (Lipinski definition) is 3. The first kappa shape index (κ1) is 13.1. The quantitative estimate of drug-likeness (QED) is 0.768. The second-order valence-electron chi connectivity index (χ2n) is 5.07. The van der Waals surface area contributed by atoms with Gasteiger partial charge in [0.05, 0.1) is 19.8 Å². The lowest BCUT2D eigenvalue weighted by molar-refractivity contribution is -0.169. The molecule has 0 radical (unpaired) electrons. The molecule has 2 rings (SSSR count). The third kappa shape index (κ3) is 2.15. The number of hydrogen-bond donors (Lipinski definition) is 0. The standard InChI is InChI=1S/C15H20O3/c1-4-18-14(16)15(9-17-10-15)13-7-5-12(6-8-13)11(2)3/h5-8,11H,4,9-10H2,1-3H3. The highest BCUT2D eigenvalue weighted by molar-refractivity contribution is 5.84. The molecule has 1 heterocycles. The SMILES string of the molecule is CCOC(=O)C1(c2ccc(C(C)C)cc2)COC1. The molecule has 0 aromatic heterocycles. The average molecular weight is 248 g/mol. The van der Waals surface area contributed by atoms with Crippen molar-refractivity contribution in [3.8, 4) is 0 Å². The molecular formula is C15H20O3. The lowest BCUT2D eigenvalue weighted by Crippen LogP contribution is -2.53. The molecule has 0 spiro atoms. The van der Waals surface area contributed by atoms with Crippen LogP contribution in [0.1, 0.15) is 37.8 Å². The Kier molecular flexibility index (Phi) is 3.71. The number of ether oxygens (including phenoxy) is 2. The molecule has 0 bridgehead atoms. The lowest BCUT2D eigenvalue weighted by Gasteiger charge is -2.39. The first-order valence-corrected chi connectivity index (χ1v) is 6.45. The third-order valence-corrected chi connectivity index (χ3v) is 3.49. The van der Waals surface area contributed by atoms with Crippen LogP contribution in [0.4, 0.5) is 0 Å². The first-order valence-electron chi connectivity index (χ1n) is 6.45. The van der Waals surface area contributed by atoms with E-state index < -0.39 is 5.41 Å². The predicted octanol–water partition coefficient (Wildman–Crippen LogP) is 2.64. The molecule has 1 saturated heterocycles. The Bertz CT molecular complexity index is 416. The van der Waals surface area contributed by atoms with Crippen LogP contribution < -0.4 is 0 Å². The van der Waals surface area contributed by atoms with E-state index >= 15 is 0 Å². The van der Waals surface area contributed by atoms with Crippen LogP contribution in [0.2, 0.25) is 0 Å². The van der Waals surface area contributed by atoms with Crippen LogP contribution in [0.25, 0.3) is 0 Å². The molecule has 0 aliphatic carbocycles. The minimum absolute atomic E-state index is 0.173. The van der Waals surface area contributed by atoms with Gasteiger partial charge in [0.2, 0.25) is 0 Å². The molecule has 0 amide bonds. The van der Waals surface area contributed by atoms with E-state index in [0.29, 0.717) is 25.7 Å². The van der Waals surface area contributed by atoms with Gasteiger partial charge in [-0.15, -0.1) is 0 Å². The Morgan fingerprint density at radius 2 is 1.94 bits per heavy atom. The Hall–Kier alpha value is -1.35. The van der Waals surface area contributed by atoms with Crippen molar-refractivity contribution in [2.24, 2.45) is 0 Å². The predicted molar refractivity (Wildman–Crippen MR) is 69.7 cm³/mol. The smallest absolute Gasteiger partial charge is 0.321 e. The molecule has 0 unspecified atom stereocenters. The molecule has 1 aliphatic rings. The fraction of sp³-hybridized carbons (Fsp3) is 0.533. The summed E-state index contributed by atoms with van der Waals surface area (Å²) in [4.78, 5) is 12.1. The zero-order valence-corrected chi connectivity index (χ0v) is 11.2. The molecule has 1 aliphatic heterocycles. The highest BCUT2D eigenvalue weighted by Crippen LogP contribution is 2.34. The third-order valence-electron chi connectivity index (χ3n) is 3.49. The number of carbonyl (C=O) groups excluding carboxylic acids is 1. The summed E-state index contributed by atoms with van der Waals surface area (Å²) >= 11 is 0. The van der Waals surface area contributed by atoms with Gasteiger partial charge in [-0.3, -0.25) is 4.79 Å². The summed E-state index contributed by atoms with van der Waals surface area (Å²) in [7, 11) is 0. The summed E-state index contributed by atoms with van der Waals surface area (Å²) in [5.74, 6) is 0.323. The Morgan fingerprint density at radius 1 is 1.33 bits per heavy atom. The summed E-state index contributed by atoms with van der Waals surface area (Å²) in [6.45, 7) is 7.39. The minimum atomic E-state index is -0.578. The lowest BCUT2D eigenvalue weighted by atomic mass is 9.78. The van der Waals surface area contributed by atoms with Gasteiger partial charge in [0.1, 0.15) is 5.41 Å². The fourth-order valence-electron chi connectivity index (χ4n) is 2.16. The van der Waals surface area contributed by atoms with Crippen LogP contribution in [0, 0.1) is 0 Å². The van der Waals surface area contributed by atoms with Crippen LogP contribution in [0.3, 0.4) is 0 Å². The number of rotatable bonds is 4. The number of benzene rings is 1. The van der Waals surface area contributed by atoms with E-state index in [0.717, 1.165) is 5.56 Å². The molecule has 1 aromatic rings. The van der Waals surface area contributed by atoms with Gasteiger partial charge in [0.15, 0.2) is 0 Å². The Morgan fingerprint density at radius 3 is 2.33 bits per heavy atom. The average Bonchev–Trinajstić information content (AvgIpc) is 2.28. The summed E-state index contributed by atoms with van der Waals surface area (Å²) in [5.41, 5.74) is 1.69. The van der Waals surface area contributed by atoms with E-state index in [1.54, 1.807) is 0 Å². The van der Waals surface area contributed by atoms with Gasteiger partial charge >= 0.3 is 5.97 Å². The zero-order valence-electron chi connectivity index (χ0n) is 11.2. The molecule has 18 heavy (non-hydrogen) atoms. The van der Waals surface area contributed by atoms with Crippen LogP contribution in [-0.2, 0) is 19.7 Å². The van der Waals surface area contributed by atoms with Gasteiger partial charge in [-0.1, -0.05) is 38.1 Å². The minimum Gasteiger partial charge on any atom is -0.465 e. The highest BCUT2D eigenvalue weighted by atomic mass is 16.6. The molecule has 3 nitrogen and oxygen atoms in total. The van der Waals surface area contributed by atoms with Crippen molar-refractivity contribution >= 4 is 5.97 Å². The molecule has 0 N–H and O–H groups in total. The summed E-state index contributed by atoms with van der Waals surface area (Å²) in [6, 6.07) is 8.21. The second-order valence-corrected chi connectivity index (χ2v) is 5.07. The molecule has 3 heteroatoms. The van der Waals surface area contributed by atoms with Crippen molar-refractivity contribution in [1.82, 2.24) is 0 Å². The van der Waals surface area contributed by atoms with Gasteiger partial charge in [0, 0.05) is 0 Å². The molecule has 98 valence electrons. The maximum atomic E-state index is 12.1. The van der Waals surface area contributed by atoms with E-state index in [4.69, 9.17) is 9.47 Å². The highest BCUT2D eigenvalue weighted by Gasteiger charge is 2.48. The van der Waals surface area contributed by atoms with Crippen LogP contribution in [0.5, 0.6) is 0 Å². The van der Waals surface area contributed by atoms with E-state index in [1.807, 2.05) is 19.1 Å². The van der Waals surface area contributed by atoms with Gasteiger partial charge in [-0.2, -0.15) is 0 Å². The summed E-state index contributed by atoms with van der Waals surface area (Å²) in [5, 5.41) is 0. The van der Waals surface area contributed by atoms with Crippen molar-refractivity contribution in [2.45, 2.75) is 32.1 Å². The van der Waals surface area contributed by atoms with Crippen molar-refractivity contribution in [1.29, 1.82) is 0 Å². The zero-order chi connectivity index (χ0) is 13.2. The monoisotopic (exact) mass is 248 g/mol. The van der Waals surface area contributed by atoms with Crippen molar-refractivity contribution in [3.05, 3.63) is 35.4 Å². The molecule has 0 saturated carbocycles. The maximum Gasteiger partial charge on any atom is 0.321 e. The van der Waals surface area contributed by atoms with Crippen LogP contribution in [-0.4, -0.2) is 25.8 Å². The Labute approximate surface area is 108 Å². The summed E-state index contributed by atoms with van der Waals surface area (Å²) in [6.07, 6.45) is 0. The van der Waals surface area contributed by atoms with Crippen molar-refractivity contribution < 1.29 is 14.3 Å². The van der Waals surface area contributed by atoms with Gasteiger partial charge in [-0.25, -0.2) is 0 Å². The van der Waals surface area contributed by atoms with E-state index in [-0.39, 0.29) is 5.97 Å². The van der Waals surface area contributed by atoms with Crippen LogP contribution in [0.15, 0.2) is 24.3 Å². The molecule has 1 aromatic carbocycles. The van der Waals surface area contributed by atoms with Gasteiger partial charge < -0.3 is 9.47 Å². The van der Waals surface area contributed by atoms with E-state index in [1.165, 1.54) is 5.56 Å². The van der Waals surface area contributed by atoms with E-state index in [9.17, 15) is 4.79 Å². The molecular weight excluding hydrogens is 228 g/mol. The van der Waals surface area contributed by atoms with E-state index in [2.05, 4.69) is 26.0 Å². The molecule has 1 fully saturated rings. The largest absolute Gasteiger partial charge is 0.465 e. The van der Waals surface area contributed by atoms with Crippen molar-refractivity contribution in [2.75, 3.05) is 19.8 Å². The number of carbonyl (C=O) groups is 1. The van der Waals surface area contributed by atoms with Gasteiger partial charge in [0.25, 0.3) is 0 Å². The Balaban J connectivity index is 2.25. The topological polar surface area (TPSA) is 35.5 Å². The normalized spacial score (nSPS) is 17.3. The fourth-order valence-corrected chi connectivity index (χ4v) is 2.16. The van der Waals surface area contributed by atoms with Crippen LogP contribution >= 0.6 is 0 Å².